The molecule has 0 aliphatic heterocycles. The van der Waals surface area contributed by atoms with Gasteiger partial charge in [0.15, 0.2) is 0 Å². The SMILES string of the molecule is CCS(=O)C(CC(=O)O)C(=O)O. The van der Waals surface area contributed by atoms with E-state index in [0.717, 1.165) is 0 Å². The van der Waals surface area contributed by atoms with Gasteiger partial charge in [-0.05, 0) is 0 Å². The van der Waals surface area contributed by atoms with Gasteiger partial charge in [-0.1, -0.05) is 6.92 Å². The summed E-state index contributed by atoms with van der Waals surface area (Å²) in [6.07, 6.45) is -0.588. The van der Waals surface area contributed by atoms with Gasteiger partial charge in [-0.3, -0.25) is 13.8 Å². The molecule has 0 bridgehead atoms. The first-order chi connectivity index (χ1) is 5.49. The summed E-state index contributed by atoms with van der Waals surface area (Å²) >= 11 is 0. The number of hydrogen-bond acceptors (Lipinski definition) is 3. The largest absolute Gasteiger partial charge is 0.481 e. The van der Waals surface area contributed by atoms with Gasteiger partial charge in [-0.15, -0.1) is 0 Å². The lowest BCUT2D eigenvalue weighted by Crippen LogP contribution is -2.29. The summed E-state index contributed by atoms with van der Waals surface area (Å²) in [6, 6.07) is 0. The molecule has 2 unspecified atom stereocenters. The Balaban J connectivity index is 4.33. The van der Waals surface area contributed by atoms with Crippen LogP contribution in [0, 0.1) is 0 Å². The molecule has 0 aromatic rings. The Kier molecular flexibility index (Phi) is 4.50. The van der Waals surface area contributed by atoms with Gasteiger partial charge in [0, 0.05) is 16.6 Å². The number of carboxylic acid groups (broad SMARTS) is 2. The third kappa shape index (κ3) is 3.47. The molecule has 0 spiro atoms. The molecule has 0 aromatic carbocycles. The van der Waals surface area contributed by atoms with E-state index >= 15 is 0 Å². The maximum atomic E-state index is 11.0. The predicted molar refractivity (Wildman–Crippen MR) is 42.4 cm³/mol. The van der Waals surface area contributed by atoms with Gasteiger partial charge in [0.1, 0.15) is 5.25 Å². The van der Waals surface area contributed by atoms with Crippen molar-refractivity contribution in [2.45, 2.75) is 18.6 Å². The molecular formula is C6H10O5S. The molecule has 0 aromatic heterocycles. The van der Waals surface area contributed by atoms with Gasteiger partial charge in [0.2, 0.25) is 0 Å². The molecule has 0 radical (unpaired) electrons. The molecule has 0 heterocycles. The lowest BCUT2D eigenvalue weighted by molar-refractivity contribution is -0.143. The van der Waals surface area contributed by atoms with E-state index in [1.54, 1.807) is 6.92 Å². The van der Waals surface area contributed by atoms with Crippen LogP contribution >= 0.6 is 0 Å². The van der Waals surface area contributed by atoms with Crippen LogP contribution in [0.4, 0.5) is 0 Å². The molecule has 0 saturated carbocycles. The standard InChI is InChI=1S/C6H10O5S/c1-2-12(11)4(6(9)10)3-5(7)8/h4H,2-3H2,1H3,(H,7,8)(H,9,10). The fourth-order valence-electron chi connectivity index (χ4n) is 0.652. The van der Waals surface area contributed by atoms with Crippen LogP contribution in [0.3, 0.4) is 0 Å². The van der Waals surface area contributed by atoms with Gasteiger partial charge in [0.25, 0.3) is 0 Å². The molecular weight excluding hydrogens is 184 g/mol. The van der Waals surface area contributed by atoms with Gasteiger partial charge < -0.3 is 10.2 Å². The van der Waals surface area contributed by atoms with Crippen LogP contribution in [0.5, 0.6) is 0 Å². The molecule has 0 rings (SSSR count). The summed E-state index contributed by atoms with van der Waals surface area (Å²) in [5.74, 6) is -2.41. The second kappa shape index (κ2) is 4.87. The van der Waals surface area contributed by atoms with Crippen molar-refractivity contribution in [1.29, 1.82) is 0 Å². The lowest BCUT2D eigenvalue weighted by atomic mass is 10.3. The molecule has 12 heavy (non-hydrogen) atoms. The smallest absolute Gasteiger partial charge is 0.319 e. The van der Waals surface area contributed by atoms with E-state index in [9.17, 15) is 13.8 Å². The highest BCUT2D eigenvalue weighted by Crippen LogP contribution is 2.03. The lowest BCUT2D eigenvalue weighted by Gasteiger charge is -2.06. The first-order valence-electron chi connectivity index (χ1n) is 3.30. The maximum absolute atomic E-state index is 11.0. The Labute approximate surface area is 71.8 Å². The third-order valence-electron chi connectivity index (χ3n) is 1.24. The zero-order chi connectivity index (χ0) is 9.72. The molecule has 0 fully saturated rings. The minimum atomic E-state index is -1.60. The Morgan fingerprint density at radius 3 is 2.17 bits per heavy atom. The minimum absolute atomic E-state index is 0.157. The molecule has 0 aliphatic carbocycles. The summed E-state index contributed by atoms with van der Waals surface area (Å²) in [4.78, 5) is 20.5. The fraction of sp³-hybridized carbons (Fsp3) is 0.667. The van der Waals surface area contributed by atoms with Crippen LogP contribution < -0.4 is 0 Å². The first-order valence-corrected chi connectivity index (χ1v) is 4.69. The van der Waals surface area contributed by atoms with Crippen LogP contribution in [-0.2, 0) is 20.4 Å². The van der Waals surface area contributed by atoms with Crippen molar-refractivity contribution in [3.8, 4) is 0 Å². The molecule has 6 heteroatoms. The number of rotatable bonds is 5. The number of aliphatic carboxylic acids is 2. The zero-order valence-corrected chi connectivity index (χ0v) is 7.34. The van der Waals surface area contributed by atoms with Gasteiger partial charge in [-0.2, -0.15) is 0 Å². The Hall–Kier alpha value is -0.910. The molecule has 0 aliphatic rings. The van der Waals surface area contributed by atoms with E-state index in [-0.39, 0.29) is 5.75 Å². The molecule has 0 amide bonds. The van der Waals surface area contributed by atoms with Crippen LogP contribution in [0.1, 0.15) is 13.3 Å². The second-order valence-electron chi connectivity index (χ2n) is 2.09. The normalized spacial score (nSPS) is 15.1. The van der Waals surface area contributed by atoms with Crippen LogP contribution in [0.2, 0.25) is 0 Å². The number of carboxylic acids is 2. The van der Waals surface area contributed by atoms with Crippen molar-refractivity contribution < 1.29 is 24.0 Å². The Morgan fingerprint density at radius 2 is 1.92 bits per heavy atom. The number of hydrogen-bond donors (Lipinski definition) is 2. The average Bonchev–Trinajstić information content (AvgIpc) is 1.98. The van der Waals surface area contributed by atoms with Crippen LogP contribution in [0.25, 0.3) is 0 Å². The van der Waals surface area contributed by atoms with E-state index in [1.807, 2.05) is 0 Å². The maximum Gasteiger partial charge on any atom is 0.319 e. The van der Waals surface area contributed by atoms with E-state index in [1.165, 1.54) is 0 Å². The highest BCUT2D eigenvalue weighted by Gasteiger charge is 2.25. The van der Waals surface area contributed by atoms with Crippen LogP contribution in [-0.4, -0.2) is 37.4 Å². The minimum Gasteiger partial charge on any atom is -0.481 e. The van der Waals surface area contributed by atoms with E-state index in [0.29, 0.717) is 0 Å². The van der Waals surface area contributed by atoms with Crippen molar-refractivity contribution in [1.82, 2.24) is 0 Å². The monoisotopic (exact) mass is 194 g/mol. The summed E-state index contributed by atoms with van der Waals surface area (Å²) in [5.41, 5.74) is 0. The van der Waals surface area contributed by atoms with Gasteiger partial charge in [0.05, 0.1) is 6.42 Å². The topological polar surface area (TPSA) is 91.7 Å². The molecule has 0 saturated heterocycles. The highest BCUT2D eigenvalue weighted by atomic mass is 32.2. The van der Waals surface area contributed by atoms with Gasteiger partial charge in [-0.25, -0.2) is 0 Å². The average molecular weight is 194 g/mol. The van der Waals surface area contributed by atoms with Gasteiger partial charge >= 0.3 is 11.9 Å². The van der Waals surface area contributed by atoms with Crippen molar-refractivity contribution >= 4 is 22.7 Å². The quantitative estimate of drug-likeness (QED) is 0.626. The van der Waals surface area contributed by atoms with E-state index in [4.69, 9.17) is 10.2 Å². The van der Waals surface area contributed by atoms with Crippen molar-refractivity contribution in [3.63, 3.8) is 0 Å². The Bertz CT molecular complexity index is 212. The fourth-order valence-corrected chi connectivity index (χ4v) is 1.61. The summed E-state index contributed by atoms with van der Waals surface area (Å²) in [7, 11) is -1.60. The Morgan fingerprint density at radius 1 is 1.42 bits per heavy atom. The first kappa shape index (κ1) is 11.1. The van der Waals surface area contributed by atoms with Crippen LogP contribution in [0.15, 0.2) is 0 Å². The summed E-state index contributed by atoms with van der Waals surface area (Å²) < 4.78 is 11.0. The van der Waals surface area contributed by atoms with Crippen molar-refractivity contribution in [2.24, 2.45) is 0 Å². The van der Waals surface area contributed by atoms with E-state index < -0.39 is 34.4 Å². The van der Waals surface area contributed by atoms with Crippen molar-refractivity contribution in [2.75, 3.05) is 5.75 Å². The third-order valence-corrected chi connectivity index (χ3v) is 2.81. The number of carbonyl (C=O) groups is 2. The molecule has 2 N–H and O–H groups in total. The summed E-state index contributed by atoms with van der Waals surface area (Å²) in [6.45, 7) is 1.55. The molecule has 70 valence electrons. The molecule has 2 atom stereocenters. The van der Waals surface area contributed by atoms with Crippen molar-refractivity contribution in [3.05, 3.63) is 0 Å². The molecule has 5 nitrogen and oxygen atoms in total. The second-order valence-corrected chi connectivity index (χ2v) is 4.00. The zero-order valence-electron chi connectivity index (χ0n) is 6.52. The summed E-state index contributed by atoms with van der Waals surface area (Å²) in [5, 5.41) is 15.5. The predicted octanol–water partition coefficient (Wildman–Crippen LogP) is -0.317. The highest BCUT2D eigenvalue weighted by molar-refractivity contribution is 7.86. The van der Waals surface area contributed by atoms with E-state index in [2.05, 4.69) is 0 Å².